The van der Waals surface area contributed by atoms with Crippen molar-refractivity contribution in [3.63, 3.8) is 0 Å². The largest absolute Gasteiger partial charge is 0.357 e. The molecule has 26 heavy (non-hydrogen) atoms. The van der Waals surface area contributed by atoms with E-state index < -0.39 is 6.04 Å². The molecule has 2 rings (SSSR count). The van der Waals surface area contributed by atoms with Gasteiger partial charge in [0.05, 0.1) is 6.42 Å². The van der Waals surface area contributed by atoms with Crippen LogP contribution in [0, 0.1) is 0 Å². The summed E-state index contributed by atoms with van der Waals surface area (Å²) in [5.74, 6) is -0.488. The number of likely N-dealkylation sites (N-methyl/N-ethyl adjacent to an activating group) is 1. The van der Waals surface area contributed by atoms with Gasteiger partial charge < -0.3 is 10.2 Å². The third kappa shape index (κ3) is 5.13. The Balaban J connectivity index is 2.28. The highest BCUT2D eigenvalue weighted by Gasteiger charge is 2.26. The minimum absolute atomic E-state index is 0.0573. The van der Waals surface area contributed by atoms with E-state index in [9.17, 15) is 9.59 Å². The number of nitrogens with one attached hydrogen (secondary N) is 1. The zero-order valence-electron chi connectivity index (χ0n) is 14.4. The normalized spacial score (nSPS) is 11.7. The second kappa shape index (κ2) is 9.26. The summed E-state index contributed by atoms with van der Waals surface area (Å²) in [6, 6.07) is 11.5. The molecule has 0 saturated carbocycles. The average molecular weight is 414 g/mol. The summed E-state index contributed by atoms with van der Waals surface area (Å²) < 4.78 is 0. The zero-order valence-corrected chi connectivity index (χ0v) is 16.7. The molecule has 0 spiro atoms. The Hall–Kier alpha value is -1.75. The van der Waals surface area contributed by atoms with Crippen LogP contribution in [0.4, 0.5) is 0 Å². The predicted molar refractivity (Wildman–Crippen MR) is 106 cm³/mol. The summed E-state index contributed by atoms with van der Waals surface area (Å²) in [5, 5.41) is 4.03. The van der Waals surface area contributed by atoms with Crippen LogP contribution >= 0.6 is 34.8 Å². The van der Waals surface area contributed by atoms with Crippen LogP contribution in [-0.2, 0) is 22.6 Å². The molecule has 1 atom stereocenters. The molecule has 0 aliphatic carbocycles. The molecular formula is C19H19Cl3N2O2. The SMILES string of the molecule is CNC(=O)[C@@H](C)N(Cc1ccccc1Cl)C(=O)Cc1ccc(Cl)cc1Cl. The molecule has 0 aliphatic rings. The van der Waals surface area contributed by atoms with E-state index in [4.69, 9.17) is 34.8 Å². The number of rotatable bonds is 6. The van der Waals surface area contributed by atoms with Crippen molar-refractivity contribution >= 4 is 46.6 Å². The maximum absolute atomic E-state index is 12.9. The van der Waals surface area contributed by atoms with Gasteiger partial charge in [-0.1, -0.05) is 59.1 Å². The van der Waals surface area contributed by atoms with Crippen LogP contribution in [0.1, 0.15) is 18.1 Å². The molecule has 0 unspecified atom stereocenters. The molecule has 138 valence electrons. The second-order valence-electron chi connectivity index (χ2n) is 5.82. The maximum atomic E-state index is 12.9. The van der Waals surface area contributed by atoms with Crippen LogP contribution in [0.3, 0.4) is 0 Å². The van der Waals surface area contributed by atoms with Gasteiger partial charge in [0.1, 0.15) is 6.04 Å². The third-order valence-corrected chi connectivity index (χ3v) is 5.02. The first-order valence-corrected chi connectivity index (χ1v) is 9.15. The summed E-state index contributed by atoms with van der Waals surface area (Å²) in [5.41, 5.74) is 1.41. The Morgan fingerprint density at radius 1 is 1.04 bits per heavy atom. The molecule has 0 aliphatic heterocycles. The van der Waals surface area contributed by atoms with Crippen molar-refractivity contribution in [2.24, 2.45) is 0 Å². The smallest absolute Gasteiger partial charge is 0.242 e. The number of hydrogen-bond donors (Lipinski definition) is 1. The fourth-order valence-corrected chi connectivity index (χ4v) is 3.20. The molecule has 7 heteroatoms. The van der Waals surface area contributed by atoms with Gasteiger partial charge in [0.25, 0.3) is 0 Å². The van der Waals surface area contributed by atoms with Gasteiger partial charge in [-0.05, 0) is 36.2 Å². The number of halogens is 3. The van der Waals surface area contributed by atoms with Crippen molar-refractivity contribution in [2.45, 2.75) is 25.9 Å². The molecule has 0 radical (unpaired) electrons. The molecule has 1 N–H and O–H groups in total. The van der Waals surface area contributed by atoms with Gasteiger partial charge in [-0.3, -0.25) is 9.59 Å². The lowest BCUT2D eigenvalue weighted by Gasteiger charge is -2.29. The number of benzene rings is 2. The molecule has 0 saturated heterocycles. The second-order valence-corrected chi connectivity index (χ2v) is 7.07. The lowest BCUT2D eigenvalue weighted by atomic mass is 10.1. The number of amides is 2. The molecule has 4 nitrogen and oxygen atoms in total. The Kier molecular flexibility index (Phi) is 7.33. The summed E-state index contributed by atoms with van der Waals surface area (Å²) in [4.78, 5) is 26.5. The Morgan fingerprint density at radius 2 is 1.73 bits per heavy atom. The van der Waals surface area contributed by atoms with E-state index in [1.165, 1.54) is 11.9 Å². The molecular weight excluding hydrogens is 395 g/mol. The van der Waals surface area contributed by atoms with E-state index in [1.807, 2.05) is 18.2 Å². The number of carbonyl (C=O) groups excluding carboxylic acids is 2. The lowest BCUT2D eigenvalue weighted by molar-refractivity contribution is -0.139. The molecule has 0 fully saturated rings. The van der Waals surface area contributed by atoms with E-state index in [2.05, 4.69) is 5.32 Å². The van der Waals surface area contributed by atoms with Gasteiger partial charge in [-0.15, -0.1) is 0 Å². The number of carbonyl (C=O) groups is 2. The standard InChI is InChI=1S/C19H19Cl3N2O2/c1-12(19(26)23-2)24(11-14-5-3-4-6-16(14)21)18(25)9-13-7-8-15(20)10-17(13)22/h3-8,10,12H,9,11H2,1-2H3,(H,23,26)/t12-/m1/s1. The van der Waals surface area contributed by atoms with E-state index in [1.54, 1.807) is 31.2 Å². The average Bonchev–Trinajstić information content (AvgIpc) is 2.62. The van der Waals surface area contributed by atoms with Gasteiger partial charge in [0.2, 0.25) is 11.8 Å². The highest BCUT2D eigenvalue weighted by Crippen LogP contribution is 2.23. The Bertz CT molecular complexity index is 811. The third-order valence-electron chi connectivity index (χ3n) is 4.07. The molecule has 0 aromatic heterocycles. The van der Waals surface area contributed by atoms with Crippen LogP contribution < -0.4 is 5.32 Å². The molecule has 2 amide bonds. The molecule has 0 bridgehead atoms. The number of nitrogens with zero attached hydrogens (tertiary/aromatic N) is 1. The van der Waals surface area contributed by atoms with Crippen LogP contribution in [-0.4, -0.2) is 29.8 Å². The summed E-state index contributed by atoms with van der Waals surface area (Å²) >= 11 is 18.3. The fourth-order valence-electron chi connectivity index (χ4n) is 2.53. The van der Waals surface area contributed by atoms with Crippen molar-refractivity contribution < 1.29 is 9.59 Å². The molecule has 2 aromatic carbocycles. The van der Waals surface area contributed by atoms with Crippen LogP contribution in [0.2, 0.25) is 15.1 Å². The maximum Gasteiger partial charge on any atom is 0.242 e. The van der Waals surface area contributed by atoms with E-state index in [0.717, 1.165) is 5.56 Å². The van der Waals surface area contributed by atoms with Gasteiger partial charge in [0.15, 0.2) is 0 Å². The fraction of sp³-hybridized carbons (Fsp3) is 0.263. The van der Waals surface area contributed by atoms with Crippen molar-refractivity contribution in [3.8, 4) is 0 Å². The van der Waals surface area contributed by atoms with Crippen LogP contribution in [0.15, 0.2) is 42.5 Å². The van der Waals surface area contributed by atoms with Gasteiger partial charge >= 0.3 is 0 Å². The van der Waals surface area contributed by atoms with Gasteiger partial charge in [0, 0.05) is 28.7 Å². The topological polar surface area (TPSA) is 49.4 Å². The summed E-state index contributed by atoms with van der Waals surface area (Å²) in [6.45, 7) is 1.90. The minimum atomic E-state index is -0.658. The predicted octanol–water partition coefficient (Wildman–Crippen LogP) is 4.35. The molecule has 0 heterocycles. The Morgan fingerprint density at radius 3 is 2.35 bits per heavy atom. The van der Waals surface area contributed by atoms with Gasteiger partial charge in [-0.25, -0.2) is 0 Å². The summed E-state index contributed by atoms with van der Waals surface area (Å²) in [7, 11) is 1.53. The van der Waals surface area contributed by atoms with Crippen LogP contribution in [0.5, 0.6) is 0 Å². The van der Waals surface area contributed by atoms with Gasteiger partial charge in [-0.2, -0.15) is 0 Å². The first-order chi connectivity index (χ1) is 12.3. The van der Waals surface area contributed by atoms with E-state index in [-0.39, 0.29) is 24.8 Å². The highest BCUT2D eigenvalue weighted by molar-refractivity contribution is 6.35. The molecule has 2 aromatic rings. The van der Waals surface area contributed by atoms with Crippen molar-refractivity contribution in [3.05, 3.63) is 68.7 Å². The van der Waals surface area contributed by atoms with Crippen molar-refractivity contribution in [1.29, 1.82) is 0 Å². The summed E-state index contributed by atoms with van der Waals surface area (Å²) in [6.07, 6.45) is 0.0573. The quantitative estimate of drug-likeness (QED) is 0.765. The minimum Gasteiger partial charge on any atom is -0.357 e. The van der Waals surface area contributed by atoms with E-state index >= 15 is 0 Å². The first-order valence-electron chi connectivity index (χ1n) is 8.02. The van der Waals surface area contributed by atoms with Crippen molar-refractivity contribution in [1.82, 2.24) is 10.2 Å². The van der Waals surface area contributed by atoms with E-state index in [0.29, 0.717) is 20.6 Å². The van der Waals surface area contributed by atoms with Crippen LogP contribution in [0.25, 0.3) is 0 Å². The zero-order chi connectivity index (χ0) is 19.3. The monoisotopic (exact) mass is 412 g/mol. The van der Waals surface area contributed by atoms with Crippen molar-refractivity contribution in [2.75, 3.05) is 7.05 Å². The highest BCUT2D eigenvalue weighted by atomic mass is 35.5. The number of hydrogen-bond acceptors (Lipinski definition) is 2. The Labute approximate surface area is 168 Å². The first kappa shape index (κ1) is 20.6. The lowest BCUT2D eigenvalue weighted by Crippen LogP contribution is -2.47.